The van der Waals surface area contributed by atoms with Gasteiger partial charge in [-0.25, -0.2) is 4.89 Å². The van der Waals surface area contributed by atoms with Crippen LogP contribution in [0.15, 0.2) is 0 Å². The van der Waals surface area contributed by atoms with Crippen LogP contribution in [0.1, 0.15) is 163 Å². The molecule has 41 heavy (non-hydrogen) atoms. The van der Waals surface area contributed by atoms with E-state index >= 15 is 0 Å². The van der Waals surface area contributed by atoms with Crippen molar-refractivity contribution in [3.8, 4) is 0 Å². The molecular formula is C34H70N2O5. The average Bonchev–Trinajstić information content (AvgIpc) is 2.93. The predicted octanol–water partition coefficient (Wildman–Crippen LogP) is 8.80. The molecule has 0 rings (SSSR count). The first-order chi connectivity index (χ1) is 19.8. The first-order valence-electron chi connectivity index (χ1n) is 17.3. The predicted molar refractivity (Wildman–Crippen MR) is 172 cm³/mol. The standard InChI is InChI=1S/C34H70N2O5/c1-6-7-8-9-10-11-12-13-14-15-16-17-18-22-28-39-30-33(41-38)36-26-21-19-20-23-32(37)35-27-25-34(4,5)40-29-24-31(2)3/h31,33,36,38H,6-30H2,1-5H3,(H,35,37). The van der Waals surface area contributed by atoms with Crippen LogP contribution in [-0.4, -0.2) is 55.9 Å². The largest absolute Gasteiger partial charge is 0.377 e. The highest BCUT2D eigenvalue weighted by Gasteiger charge is 2.18. The maximum atomic E-state index is 12.1. The van der Waals surface area contributed by atoms with E-state index in [9.17, 15) is 4.79 Å². The molecule has 1 unspecified atom stereocenters. The molecule has 0 bridgehead atoms. The molecule has 7 heteroatoms. The van der Waals surface area contributed by atoms with Gasteiger partial charge in [-0.3, -0.25) is 15.4 Å². The number of amides is 1. The van der Waals surface area contributed by atoms with Gasteiger partial charge in [0.15, 0.2) is 6.23 Å². The number of hydrogen-bond acceptors (Lipinski definition) is 6. The van der Waals surface area contributed by atoms with Crippen molar-refractivity contribution in [2.75, 3.05) is 32.9 Å². The number of hydrogen-bond donors (Lipinski definition) is 3. The molecule has 0 saturated carbocycles. The van der Waals surface area contributed by atoms with Crippen LogP contribution in [0.25, 0.3) is 0 Å². The van der Waals surface area contributed by atoms with Crippen molar-refractivity contribution < 1.29 is 24.4 Å². The van der Waals surface area contributed by atoms with Crippen molar-refractivity contribution >= 4 is 5.91 Å². The van der Waals surface area contributed by atoms with Gasteiger partial charge in [-0.2, -0.15) is 0 Å². The van der Waals surface area contributed by atoms with E-state index in [1.165, 1.54) is 83.5 Å². The molecule has 0 aromatic heterocycles. The molecule has 1 atom stereocenters. The lowest BCUT2D eigenvalue weighted by molar-refractivity contribution is -0.294. The number of carbonyl (C=O) groups is 1. The van der Waals surface area contributed by atoms with Crippen LogP contribution in [0.2, 0.25) is 0 Å². The SMILES string of the molecule is CCCCCCCCCCCCCCCCOCC(NCCCCCC(=O)NCCC(C)(C)OCCC(C)C)OO. The van der Waals surface area contributed by atoms with Crippen LogP contribution in [-0.2, 0) is 19.2 Å². The highest BCUT2D eigenvalue weighted by molar-refractivity contribution is 5.75. The van der Waals surface area contributed by atoms with Gasteiger partial charge in [-0.1, -0.05) is 111 Å². The van der Waals surface area contributed by atoms with Gasteiger partial charge >= 0.3 is 0 Å². The zero-order valence-electron chi connectivity index (χ0n) is 27.9. The first kappa shape index (κ1) is 40.3. The fourth-order valence-electron chi connectivity index (χ4n) is 4.80. The molecule has 1 amide bonds. The Kier molecular flexibility index (Phi) is 28.8. The molecule has 3 N–H and O–H groups in total. The van der Waals surface area contributed by atoms with E-state index in [0.29, 0.717) is 32.1 Å². The molecule has 0 aliphatic rings. The van der Waals surface area contributed by atoms with E-state index in [0.717, 1.165) is 51.7 Å². The lowest BCUT2D eigenvalue weighted by atomic mass is 10.0. The van der Waals surface area contributed by atoms with E-state index in [4.69, 9.17) is 14.7 Å². The van der Waals surface area contributed by atoms with Crippen LogP contribution in [0.3, 0.4) is 0 Å². The average molecular weight is 587 g/mol. The Balaban J connectivity index is 3.50. The smallest absolute Gasteiger partial charge is 0.219 e. The second-order valence-corrected chi connectivity index (χ2v) is 12.9. The van der Waals surface area contributed by atoms with Gasteiger partial charge in [0, 0.05) is 26.2 Å². The van der Waals surface area contributed by atoms with Crippen molar-refractivity contribution in [2.45, 2.75) is 175 Å². The van der Waals surface area contributed by atoms with Crippen LogP contribution >= 0.6 is 0 Å². The molecule has 7 nitrogen and oxygen atoms in total. The first-order valence-corrected chi connectivity index (χ1v) is 17.3. The van der Waals surface area contributed by atoms with Crippen LogP contribution in [0, 0.1) is 5.92 Å². The van der Waals surface area contributed by atoms with Crippen molar-refractivity contribution in [3.63, 3.8) is 0 Å². The highest BCUT2D eigenvalue weighted by atomic mass is 17.1. The third kappa shape index (κ3) is 30.5. The van der Waals surface area contributed by atoms with Gasteiger partial charge in [-0.05, 0) is 58.4 Å². The quantitative estimate of drug-likeness (QED) is 0.0316. The number of rotatable bonds is 32. The molecule has 246 valence electrons. The molecule has 0 fully saturated rings. The van der Waals surface area contributed by atoms with Gasteiger partial charge in [-0.15, -0.1) is 0 Å². The third-order valence-electron chi connectivity index (χ3n) is 7.73. The van der Waals surface area contributed by atoms with Crippen molar-refractivity contribution in [2.24, 2.45) is 5.92 Å². The van der Waals surface area contributed by atoms with Gasteiger partial charge in [0.05, 0.1) is 12.2 Å². The number of carbonyl (C=O) groups excluding carboxylic acids is 1. The summed E-state index contributed by atoms with van der Waals surface area (Å²) >= 11 is 0. The summed E-state index contributed by atoms with van der Waals surface area (Å²) in [6, 6.07) is 0. The van der Waals surface area contributed by atoms with Gasteiger partial charge < -0.3 is 14.8 Å². The summed E-state index contributed by atoms with van der Waals surface area (Å²) in [7, 11) is 0. The monoisotopic (exact) mass is 587 g/mol. The maximum Gasteiger partial charge on any atom is 0.219 e. The van der Waals surface area contributed by atoms with Crippen LogP contribution < -0.4 is 10.6 Å². The number of nitrogens with one attached hydrogen (secondary N) is 2. The zero-order chi connectivity index (χ0) is 30.4. The normalized spacial score (nSPS) is 12.8. The molecule has 0 radical (unpaired) electrons. The Bertz CT molecular complexity index is 559. The van der Waals surface area contributed by atoms with Crippen LogP contribution in [0.5, 0.6) is 0 Å². The second-order valence-electron chi connectivity index (χ2n) is 12.9. The minimum absolute atomic E-state index is 0.101. The van der Waals surface area contributed by atoms with E-state index in [-0.39, 0.29) is 11.5 Å². The summed E-state index contributed by atoms with van der Waals surface area (Å²) in [5.41, 5.74) is -0.213. The van der Waals surface area contributed by atoms with Crippen molar-refractivity contribution in [1.29, 1.82) is 0 Å². The zero-order valence-corrected chi connectivity index (χ0v) is 27.9. The topological polar surface area (TPSA) is 89.1 Å². The summed E-state index contributed by atoms with van der Waals surface area (Å²) in [6.45, 7) is 14.0. The molecule has 0 aromatic rings. The molecule has 0 spiro atoms. The fraction of sp³-hybridized carbons (Fsp3) is 0.971. The summed E-state index contributed by atoms with van der Waals surface area (Å²) in [5.74, 6) is 0.740. The van der Waals surface area contributed by atoms with Crippen molar-refractivity contribution in [3.05, 3.63) is 0 Å². The third-order valence-corrected chi connectivity index (χ3v) is 7.73. The summed E-state index contributed by atoms with van der Waals surface area (Å²) < 4.78 is 11.6. The Hall–Kier alpha value is -0.730. The Labute approximate surface area is 254 Å². The molecule has 0 aliphatic heterocycles. The van der Waals surface area contributed by atoms with E-state index in [1.54, 1.807) is 0 Å². The van der Waals surface area contributed by atoms with E-state index in [2.05, 4.69) is 50.1 Å². The lowest BCUT2D eigenvalue weighted by Gasteiger charge is -2.26. The minimum Gasteiger partial charge on any atom is -0.377 e. The van der Waals surface area contributed by atoms with Gasteiger partial charge in [0.1, 0.15) is 0 Å². The van der Waals surface area contributed by atoms with Crippen molar-refractivity contribution in [1.82, 2.24) is 10.6 Å². The highest BCUT2D eigenvalue weighted by Crippen LogP contribution is 2.16. The Morgan fingerprint density at radius 1 is 0.756 bits per heavy atom. The Morgan fingerprint density at radius 2 is 1.32 bits per heavy atom. The molecule has 0 saturated heterocycles. The van der Waals surface area contributed by atoms with Gasteiger partial charge in [0.2, 0.25) is 5.91 Å². The van der Waals surface area contributed by atoms with Gasteiger partial charge in [0.25, 0.3) is 0 Å². The van der Waals surface area contributed by atoms with E-state index < -0.39 is 6.23 Å². The molecule has 0 aromatic carbocycles. The summed E-state index contributed by atoms with van der Waals surface area (Å²) in [4.78, 5) is 16.6. The lowest BCUT2D eigenvalue weighted by Crippen LogP contribution is -2.36. The molecule has 0 aliphatic carbocycles. The minimum atomic E-state index is -0.504. The molecule has 0 heterocycles. The Morgan fingerprint density at radius 3 is 1.88 bits per heavy atom. The van der Waals surface area contributed by atoms with Crippen LogP contribution in [0.4, 0.5) is 0 Å². The maximum absolute atomic E-state index is 12.1. The van der Waals surface area contributed by atoms with E-state index in [1.807, 2.05) is 0 Å². The summed E-state index contributed by atoms with van der Waals surface area (Å²) in [6.07, 6.45) is 23.5. The summed E-state index contributed by atoms with van der Waals surface area (Å²) in [5, 5.41) is 15.3. The second kappa shape index (κ2) is 29.3. The number of unbranched alkanes of at least 4 members (excludes halogenated alkanes) is 15. The fourth-order valence-corrected chi connectivity index (χ4v) is 4.80. The molecular weight excluding hydrogens is 516 g/mol. The number of ether oxygens (including phenoxy) is 2.